The highest BCUT2D eigenvalue weighted by molar-refractivity contribution is 6.10. The number of carbonyl (C=O) groups excluding carboxylic acids is 1. The van der Waals surface area contributed by atoms with Gasteiger partial charge in [0.05, 0.1) is 18.0 Å². The lowest BCUT2D eigenvalue weighted by Gasteiger charge is -1.97. The maximum absolute atomic E-state index is 11.8. The van der Waals surface area contributed by atoms with Gasteiger partial charge in [-0.1, -0.05) is 5.21 Å². The SMILES string of the molecule is Cn1nncc1C(=O)c1cn[nH]c1N. The molecule has 7 heteroatoms. The summed E-state index contributed by atoms with van der Waals surface area (Å²) in [6.07, 6.45) is 2.76. The van der Waals surface area contributed by atoms with Crippen molar-refractivity contribution in [2.75, 3.05) is 5.73 Å². The largest absolute Gasteiger partial charge is 0.383 e. The number of aromatic amines is 1. The lowest BCUT2D eigenvalue weighted by atomic mass is 10.2. The van der Waals surface area contributed by atoms with E-state index in [1.165, 1.54) is 17.1 Å². The average molecular weight is 192 g/mol. The molecule has 0 bridgehead atoms. The summed E-state index contributed by atoms with van der Waals surface area (Å²) in [7, 11) is 1.64. The van der Waals surface area contributed by atoms with Gasteiger partial charge in [0.25, 0.3) is 0 Å². The number of carbonyl (C=O) groups is 1. The third-order valence-electron chi connectivity index (χ3n) is 1.86. The van der Waals surface area contributed by atoms with Crippen LogP contribution in [0.3, 0.4) is 0 Å². The van der Waals surface area contributed by atoms with Crippen molar-refractivity contribution in [2.24, 2.45) is 7.05 Å². The quantitative estimate of drug-likeness (QED) is 0.615. The number of ketones is 1. The van der Waals surface area contributed by atoms with E-state index in [9.17, 15) is 4.79 Å². The highest BCUT2D eigenvalue weighted by Gasteiger charge is 2.17. The van der Waals surface area contributed by atoms with Gasteiger partial charge >= 0.3 is 0 Å². The van der Waals surface area contributed by atoms with Crippen LogP contribution in [0.2, 0.25) is 0 Å². The van der Waals surface area contributed by atoms with Crippen LogP contribution in [-0.4, -0.2) is 31.0 Å². The van der Waals surface area contributed by atoms with Crippen LogP contribution in [0.25, 0.3) is 0 Å². The molecule has 2 heterocycles. The van der Waals surface area contributed by atoms with E-state index in [0.29, 0.717) is 11.3 Å². The minimum absolute atomic E-state index is 0.246. The maximum atomic E-state index is 11.8. The Kier molecular flexibility index (Phi) is 1.77. The molecule has 0 aliphatic carbocycles. The van der Waals surface area contributed by atoms with Crippen molar-refractivity contribution in [3.8, 4) is 0 Å². The molecule has 0 saturated carbocycles. The number of nitrogens with two attached hydrogens (primary N) is 1. The molecule has 7 nitrogen and oxygen atoms in total. The van der Waals surface area contributed by atoms with Crippen LogP contribution >= 0.6 is 0 Å². The number of nitrogens with zero attached hydrogens (tertiary/aromatic N) is 4. The van der Waals surface area contributed by atoms with E-state index in [2.05, 4.69) is 20.5 Å². The summed E-state index contributed by atoms with van der Waals surface area (Å²) < 4.78 is 1.38. The normalized spacial score (nSPS) is 10.4. The first-order valence-electron chi connectivity index (χ1n) is 3.88. The number of H-pyrrole nitrogens is 1. The van der Waals surface area contributed by atoms with E-state index in [-0.39, 0.29) is 11.6 Å². The number of hydrogen-bond donors (Lipinski definition) is 2. The minimum atomic E-state index is -0.247. The van der Waals surface area contributed by atoms with E-state index in [1.807, 2.05) is 0 Å². The van der Waals surface area contributed by atoms with Gasteiger partial charge < -0.3 is 5.73 Å². The number of anilines is 1. The molecule has 72 valence electrons. The monoisotopic (exact) mass is 192 g/mol. The van der Waals surface area contributed by atoms with Gasteiger partial charge in [0.15, 0.2) is 0 Å². The fourth-order valence-corrected chi connectivity index (χ4v) is 1.11. The molecule has 0 fully saturated rings. The number of hydrogen-bond acceptors (Lipinski definition) is 5. The number of rotatable bonds is 2. The van der Waals surface area contributed by atoms with E-state index in [1.54, 1.807) is 7.05 Å². The van der Waals surface area contributed by atoms with Crippen molar-refractivity contribution < 1.29 is 4.79 Å². The Balaban J connectivity index is 2.44. The molecule has 2 aromatic rings. The zero-order valence-electron chi connectivity index (χ0n) is 7.43. The van der Waals surface area contributed by atoms with Crippen LogP contribution in [0, 0.1) is 0 Å². The molecule has 0 radical (unpaired) electrons. The molecule has 0 aliphatic rings. The predicted molar refractivity (Wildman–Crippen MR) is 47.4 cm³/mol. The first kappa shape index (κ1) is 8.42. The van der Waals surface area contributed by atoms with Gasteiger partial charge in [0.2, 0.25) is 5.78 Å². The Morgan fingerprint density at radius 2 is 2.36 bits per heavy atom. The summed E-state index contributed by atoms with van der Waals surface area (Å²) in [5.41, 5.74) is 6.21. The van der Waals surface area contributed by atoms with Gasteiger partial charge in [0.1, 0.15) is 11.5 Å². The minimum Gasteiger partial charge on any atom is -0.383 e. The Bertz CT molecular complexity index is 428. The molecular formula is C7H8N6O. The number of nitrogens with one attached hydrogen (secondary N) is 1. The van der Waals surface area contributed by atoms with Crippen molar-refractivity contribution in [1.82, 2.24) is 25.2 Å². The van der Waals surface area contributed by atoms with Crippen molar-refractivity contribution in [1.29, 1.82) is 0 Å². The molecule has 0 aliphatic heterocycles. The third-order valence-corrected chi connectivity index (χ3v) is 1.86. The summed E-state index contributed by atoms with van der Waals surface area (Å²) in [5, 5.41) is 13.4. The van der Waals surface area contributed by atoms with E-state index in [0.717, 1.165) is 0 Å². The van der Waals surface area contributed by atoms with Gasteiger partial charge in [-0.25, -0.2) is 4.68 Å². The molecule has 0 aromatic carbocycles. The first-order valence-corrected chi connectivity index (χ1v) is 3.88. The second-order valence-corrected chi connectivity index (χ2v) is 2.77. The molecule has 14 heavy (non-hydrogen) atoms. The summed E-state index contributed by atoms with van der Waals surface area (Å²) in [4.78, 5) is 11.8. The average Bonchev–Trinajstić information content (AvgIpc) is 2.73. The highest BCUT2D eigenvalue weighted by Crippen LogP contribution is 2.11. The fraction of sp³-hybridized carbons (Fsp3) is 0.143. The lowest BCUT2D eigenvalue weighted by molar-refractivity contribution is 0.103. The van der Waals surface area contributed by atoms with Crippen LogP contribution in [0.15, 0.2) is 12.4 Å². The number of aromatic nitrogens is 5. The van der Waals surface area contributed by atoms with E-state index >= 15 is 0 Å². The number of aryl methyl sites for hydroxylation is 1. The van der Waals surface area contributed by atoms with Crippen LogP contribution < -0.4 is 5.73 Å². The van der Waals surface area contributed by atoms with Gasteiger partial charge in [-0.05, 0) is 0 Å². The van der Waals surface area contributed by atoms with Gasteiger partial charge in [-0.15, -0.1) is 5.10 Å². The molecule has 2 rings (SSSR count). The second-order valence-electron chi connectivity index (χ2n) is 2.77. The Labute approximate surface area is 78.9 Å². The molecule has 0 atom stereocenters. The van der Waals surface area contributed by atoms with Gasteiger partial charge in [-0.2, -0.15) is 5.10 Å². The second kappa shape index (κ2) is 2.95. The zero-order chi connectivity index (χ0) is 10.1. The van der Waals surface area contributed by atoms with Crippen molar-refractivity contribution in [2.45, 2.75) is 0 Å². The van der Waals surface area contributed by atoms with Crippen molar-refractivity contribution >= 4 is 11.6 Å². The molecule has 0 unspecified atom stereocenters. The lowest BCUT2D eigenvalue weighted by Crippen LogP contribution is -2.09. The first-order chi connectivity index (χ1) is 6.70. The molecule has 0 amide bonds. The molecular weight excluding hydrogens is 184 g/mol. The Morgan fingerprint density at radius 1 is 1.57 bits per heavy atom. The summed E-state index contributed by atoms with van der Waals surface area (Å²) in [6, 6.07) is 0. The fourth-order valence-electron chi connectivity index (χ4n) is 1.11. The summed E-state index contributed by atoms with van der Waals surface area (Å²) in [5.74, 6) is -0.0000463. The van der Waals surface area contributed by atoms with Crippen LogP contribution in [-0.2, 0) is 7.05 Å². The Morgan fingerprint density at radius 3 is 2.86 bits per heavy atom. The summed E-state index contributed by atoms with van der Waals surface area (Å²) in [6.45, 7) is 0. The predicted octanol–water partition coefficient (Wildman–Crippen LogP) is -0.649. The molecule has 0 spiro atoms. The third kappa shape index (κ3) is 1.15. The van der Waals surface area contributed by atoms with E-state index < -0.39 is 0 Å². The maximum Gasteiger partial charge on any atom is 0.217 e. The number of nitrogen functional groups attached to an aromatic ring is 1. The van der Waals surface area contributed by atoms with Crippen molar-refractivity contribution in [3.63, 3.8) is 0 Å². The summed E-state index contributed by atoms with van der Waals surface area (Å²) >= 11 is 0. The van der Waals surface area contributed by atoms with Crippen LogP contribution in [0.1, 0.15) is 16.1 Å². The topological polar surface area (TPSA) is 102 Å². The van der Waals surface area contributed by atoms with Gasteiger partial charge in [0, 0.05) is 7.05 Å². The highest BCUT2D eigenvalue weighted by atomic mass is 16.1. The molecule has 3 N–H and O–H groups in total. The Hall–Kier alpha value is -2.18. The molecule has 0 saturated heterocycles. The van der Waals surface area contributed by atoms with Crippen molar-refractivity contribution in [3.05, 3.63) is 23.7 Å². The molecule has 2 aromatic heterocycles. The van der Waals surface area contributed by atoms with Crippen LogP contribution in [0.5, 0.6) is 0 Å². The zero-order valence-corrected chi connectivity index (χ0v) is 7.43. The smallest absolute Gasteiger partial charge is 0.217 e. The van der Waals surface area contributed by atoms with Gasteiger partial charge in [-0.3, -0.25) is 9.89 Å². The van der Waals surface area contributed by atoms with E-state index in [4.69, 9.17) is 5.73 Å². The standard InChI is InChI=1S/C7H8N6O/c1-13-5(3-10-12-13)6(14)4-2-9-11-7(4)8/h2-3H,1H3,(H3,8,9,11). The van der Waals surface area contributed by atoms with Crippen LogP contribution in [0.4, 0.5) is 5.82 Å².